The van der Waals surface area contributed by atoms with E-state index in [0.29, 0.717) is 30.1 Å². The lowest BCUT2D eigenvalue weighted by molar-refractivity contribution is -0.134. The maximum atomic E-state index is 12.5. The number of anilines is 1. The van der Waals surface area contributed by atoms with Gasteiger partial charge in [0, 0.05) is 17.3 Å². The molecule has 120 valence electrons. The number of carbonyl (C=O) groups excluding carboxylic acids is 2. The third kappa shape index (κ3) is 3.80. The van der Waals surface area contributed by atoms with Gasteiger partial charge >= 0.3 is 0 Å². The average Bonchev–Trinajstić information content (AvgIpc) is 3.29. The zero-order valence-corrected chi connectivity index (χ0v) is 13.9. The Balaban J connectivity index is 1.96. The van der Waals surface area contributed by atoms with E-state index >= 15 is 0 Å². The fourth-order valence-corrected chi connectivity index (χ4v) is 2.57. The molecule has 2 N–H and O–H groups in total. The highest BCUT2D eigenvalue weighted by atomic mass is 35.5. The lowest BCUT2D eigenvalue weighted by atomic mass is 10.0. The molecule has 2 rings (SSSR count). The van der Waals surface area contributed by atoms with Gasteiger partial charge in [0.25, 0.3) is 0 Å². The molecule has 1 aliphatic rings. The molecule has 1 aromatic carbocycles. The standard InChI is InChI=1S/C17H23ClN2O2/c1-3-4-5-10-19-15(21)17(8-9-17)16(22)20-14-11-13(18)7-6-12(14)2/h6-7,11H,3-5,8-10H2,1-2H3,(H,19,21)(H,20,22). The monoisotopic (exact) mass is 322 g/mol. The number of halogens is 1. The summed E-state index contributed by atoms with van der Waals surface area (Å²) in [5, 5.41) is 6.30. The molecule has 0 spiro atoms. The van der Waals surface area contributed by atoms with E-state index in [9.17, 15) is 9.59 Å². The van der Waals surface area contributed by atoms with Crippen LogP contribution in [0, 0.1) is 12.3 Å². The maximum absolute atomic E-state index is 12.5. The van der Waals surface area contributed by atoms with Crippen LogP contribution in [0.3, 0.4) is 0 Å². The quantitative estimate of drug-likeness (QED) is 0.594. The lowest BCUT2D eigenvalue weighted by Crippen LogP contribution is -2.40. The van der Waals surface area contributed by atoms with Crippen LogP contribution in [0.5, 0.6) is 0 Å². The van der Waals surface area contributed by atoms with Crippen LogP contribution in [-0.2, 0) is 9.59 Å². The van der Waals surface area contributed by atoms with E-state index in [1.165, 1.54) is 0 Å². The van der Waals surface area contributed by atoms with Crippen LogP contribution in [0.15, 0.2) is 18.2 Å². The molecule has 1 aliphatic carbocycles. The zero-order chi connectivity index (χ0) is 16.2. The first-order valence-corrected chi connectivity index (χ1v) is 8.23. The Bertz CT molecular complexity index is 568. The summed E-state index contributed by atoms with van der Waals surface area (Å²) < 4.78 is 0. The fourth-order valence-electron chi connectivity index (χ4n) is 2.40. The van der Waals surface area contributed by atoms with E-state index in [-0.39, 0.29) is 11.8 Å². The highest BCUT2D eigenvalue weighted by Gasteiger charge is 2.56. The zero-order valence-electron chi connectivity index (χ0n) is 13.2. The minimum atomic E-state index is -0.888. The van der Waals surface area contributed by atoms with Crippen molar-refractivity contribution in [3.05, 3.63) is 28.8 Å². The summed E-state index contributed by atoms with van der Waals surface area (Å²) in [6.07, 6.45) is 4.36. The van der Waals surface area contributed by atoms with Crippen molar-refractivity contribution in [2.24, 2.45) is 5.41 Å². The minimum Gasteiger partial charge on any atom is -0.355 e. The number of hydrogen-bond donors (Lipinski definition) is 2. The van der Waals surface area contributed by atoms with Crippen LogP contribution in [0.4, 0.5) is 5.69 Å². The molecule has 4 nitrogen and oxygen atoms in total. The second-order valence-corrected chi connectivity index (χ2v) is 6.39. The van der Waals surface area contributed by atoms with Gasteiger partial charge in [-0.25, -0.2) is 0 Å². The molecule has 0 aromatic heterocycles. The van der Waals surface area contributed by atoms with Crippen molar-refractivity contribution in [3.63, 3.8) is 0 Å². The smallest absolute Gasteiger partial charge is 0.240 e. The van der Waals surface area contributed by atoms with Crippen molar-refractivity contribution in [2.75, 3.05) is 11.9 Å². The van der Waals surface area contributed by atoms with Crippen LogP contribution in [0.1, 0.15) is 44.6 Å². The van der Waals surface area contributed by atoms with Crippen molar-refractivity contribution in [1.82, 2.24) is 5.32 Å². The van der Waals surface area contributed by atoms with Gasteiger partial charge in [-0.15, -0.1) is 0 Å². The summed E-state index contributed by atoms with van der Waals surface area (Å²) in [5.74, 6) is -0.383. The second-order valence-electron chi connectivity index (χ2n) is 5.96. The topological polar surface area (TPSA) is 58.2 Å². The Morgan fingerprint density at radius 3 is 2.59 bits per heavy atom. The van der Waals surface area contributed by atoms with E-state index < -0.39 is 5.41 Å². The third-order valence-corrected chi connectivity index (χ3v) is 4.37. The summed E-state index contributed by atoms with van der Waals surface area (Å²) in [6, 6.07) is 5.34. The van der Waals surface area contributed by atoms with Crippen molar-refractivity contribution in [2.45, 2.75) is 46.0 Å². The number of hydrogen-bond acceptors (Lipinski definition) is 2. The summed E-state index contributed by atoms with van der Waals surface area (Å²) >= 11 is 5.96. The van der Waals surface area contributed by atoms with Crippen LogP contribution in [0.2, 0.25) is 5.02 Å². The van der Waals surface area contributed by atoms with Gasteiger partial charge in [-0.3, -0.25) is 9.59 Å². The van der Waals surface area contributed by atoms with Crippen molar-refractivity contribution < 1.29 is 9.59 Å². The number of unbranched alkanes of at least 4 members (excludes halogenated alkanes) is 2. The van der Waals surface area contributed by atoms with Crippen LogP contribution < -0.4 is 10.6 Å². The number of rotatable bonds is 7. The molecule has 0 radical (unpaired) electrons. The molecule has 1 aromatic rings. The van der Waals surface area contributed by atoms with Gasteiger partial charge in [0.05, 0.1) is 0 Å². The summed E-state index contributed by atoms with van der Waals surface area (Å²) in [6.45, 7) is 4.65. The first-order valence-electron chi connectivity index (χ1n) is 7.85. The molecule has 0 atom stereocenters. The van der Waals surface area contributed by atoms with Gasteiger partial charge in [-0.1, -0.05) is 37.4 Å². The number of nitrogens with one attached hydrogen (secondary N) is 2. The predicted molar refractivity (Wildman–Crippen MR) is 89.0 cm³/mol. The Morgan fingerprint density at radius 2 is 1.95 bits per heavy atom. The van der Waals surface area contributed by atoms with Gasteiger partial charge < -0.3 is 10.6 Å². The van der Waals surface area contributed by atoms with E-state index in [2.05, 4.69) is 17.6 Å². The van der Waals surface area contributed by atoms with Crippen LogP contribution >= 0.6 is 11.6 Å². The number of carbonyl (C=O) groups is 2. The normalized spacial score (nSPS) is 15.2. The first-order chi connectivity index (χ1) is 10.5. The van der Waals surface area contributed by atoms with Crippen molar-refractivity contribution in [3.8, 4) is 0 Å². The molecule has 1 fully saturated rings. The van der Waals surface area contributed by atoms with Gasteiger partial charge in [0.1, 0.15) is 5.41 Å². The van der Waals surface area contributed by atoms with E-state index in [0.717, 1.165) is 24.8 Å². The number of aryl methyl sites for hydroxylation is 1. The highest BCUT2D eigenvalue weighted by molar-refractivity contribution is 6.31. The van der Waals surface area contributed by atoms with Gasteiger partial charge in [-0.05, 0) is 43.9 Å². The molecular weight excluding hydrogens is 300 g/mol. The van der Waals surface area contributed by atoms with Gasteiger partial charge in [-0.2, -0.15) is 0 Å². The van der Waals surface area contributed by atoms with Crippen LogP contribution in [-0.4, -0.2) is 18.4 Å². The summed E-state index contributed by atoms with van der Waals surface area (Å²) in [4.78, 5) is 24.8. The predicted octanol–water partition coefficient (Wildman–Crippen LogP) is 3.67. The third-order valence-electron chi connectivity index (χ3n) is 4.13. The maximum Gasteiger partial charge on any atom is 0.240 e. The molecule has 0 heterocycles. The Hall–Kier alpha value is -1.55. The van der Waals surface area contributed by atoms with Crippen molar-refractivity contribution in [1.29, 1.82) is 0 Å². The Labute approximate surface area is 136 Å². The van der Waals surface area contributed by atoms with E-state index in [4.69, 9.17) is 11.6 Å². The SMILES string of the molecule is CCCCCNC(=O)C1(C(=O)Nc2cc(Cl)ccc2C)CC1. The molecule has 1 saturated carbocycles. The molecule has 5 heteroatoms. The Morgan fingerprint density at radius 1 is 1.23 bits per heavy atom. The lowest BCUT2D eigenvalue weighted by Gasteiger charge is -2.16. The van der Waals surface area contributed by atoms with E-state index in [1.807, 2.05) is 13.0 Å². The summed E-state index contributed by atoms with van der Waals surface area (Å²) in [7, 11) is 0. The molecule has 0 saturated heterocycles. The molecule has 0 unspecified atom stereocenters. The summed E-state index contributed by atoms with van der Waals surface area (Å²) in [5.41, 5.74) is 0.709. The van der Waals surface area contributed by atoms with Gasteiger partial charge in [0.2, 0.25) is 11.8 Å². The molecule has 22 heavy (non-hydrogen) atoms. The second kappa shape index (κ2) is 7.14. The average molecular weight is 323 g/mol. The Kier molecular flexibility index (Phi) is 5.46. The molecule has 0 aliphatic heterocycles. The molecular formula is C17H23ClN2O2. The largest absolute Gasteiger partial charge is 0.355 e. The fraction of sp³-hybridized carbons (Fsp3) is 0.529. The highest BCUT2D eigenvalue weighted by Crippen LogP contribution is 2.47. The minimum absolute atomic E-state index is 0.152. The number of amides is 2. The van der Waals surface area contributed by atoms with E-state index in [1.54, 1.807) is 12.1 Å². The van der Waals surface area contributed by atoms with Crippen molar-refractivity contribution >= 4 is 29.1 Å². The van der Waals surface area contributed by atoms with Crippen LogP contribution in [0.25, 0.3) is 0 Å². The molecule has 2 amide bonds. The first kappa shape index (κ1) is 16.8. The van der Waals surface area contributed by atoms with Gasteiger partial charge in [0.15, 0.2) is 0 Å². The molecule has 0 bridgehead atoms. The number of benzene rings is 1.